The van der Waals surface area contributed by atoms with Crippen LogP contribution in [0.2, 0.25) is 0 Å². The van der Waals surface area contributed by atoms with E-state index in [0.717, 1.165) is 30.9 Å². The summed E-state index contributed by atoms with van der Waals surface area (Å²) in [6, 6.07) is 0. The van der Waals surface area contributed by atoms with E-state index < -0.39 is 0 Å². The molecular formula is C10H19N3O. The summed E-state index contributed by atoms with van der Waals surface area (Å²) < 4.78 is 4.61. The van der Waals surface area contributed by atoms with Crippen molar-refractivity contribution < 1.29 is 4.63 Å². The normalized spacial score (nSPS) is 12.0. The highest BCUT2D eigenvalue weighted by molar-refractivity contribution is 5.03. The van der Waals surface area contributed by atoms with Gasteiger partial charge in [-0.15, -0.1) is 0 Å². The quantitative estimate of drug-likeness (QED) is 0.783. The Hall–Kier alpha value is -0.900. The highest BCUT2D eigenvalue weighted by Gasteiger charge is 2.14. The lowest BCUT2D eigenvalue weighted by molar-refractivity contribution is 0.296. The summed E-state index contributed by atoms with van der Waals surface area (Å²) in [6.45, 7) is 10.3. The van der Waals surface area contributed by atoms with Crippen LogP contribution in [0.25, 0.3) is 0 Å². The first-order valence-electron chi connectivity index (χ1n) is 5.04. The Morgan fingerprint density at radius 3 is 2.57 bits per heavy atom. The highest BCUT2D eigenvalue weighted by Crippen LogP contribution is 2.17. The second-order valence-electron chi connectivity index (χ2n) is 4.42. The fourth-order valence-electron chi connectivity index (χ4n) is 1.05. The second-order valence-corrected chi connectivity index (χ2v) is 4.42. The molecule has 1 N–H and O–H groups in total. The average Bonchev–Trinajstić information content (AvgIpc) is 2.52. The molecular weight excluding hydrogens is 178 g/mol. The number of aromatic nitrogens is 2. The van der Waals surface area contributed by atoms with E-state index in [1.807, 2.05) is 6.92 Å². The third kappa shape index (κ3) is 3.10. The molecule has 4 nitrogen and oxygen atoms in total. The van der Waals surface area contributed by atoms with Crippen molar-refractivity contribution in [3.63, 3.8) is 0 Å². The van der Waals surface area contributed by atoms with E-state index in [2.05, 4.69) is 41.0 Å². The Morgan fingerprint density at radius 2 is 2.07 bits per heavy atom. The van der Waals surface area contributed by atoms with Crippen LogP contribution in [0.15, 0.2) is 4.63 Å². The molecule has 0 amide bonds. The molecule has 0 aliphatic heterocycles. The molecule has 4 heteroatoms. The number of rotatable bonds is 5. The van der Waals surface area contributed by atoms with Crippen molar-refractivity contribution in [2.75, 3.05) is 6.54 Å². The minimum atomic E-state index is 0.338. The maximum Gasteiger partial charge on any atom is 0.121 e. The lowest BCUT2D eigenvalue weighted by atomic mass is 9.90. The van der Waals surface area contributed by atoms with Crippen LogP contribution in [0.4, 0.5) is 0 Å². The fraction of sp³-hybridized carbons (Fsp3) is 0.800. The van der Waals surface area contributed by atoms with Crippen molar-refractivity contribution in [2.45, 2.75) is 40.7 Å². The maximum absolute atomic E-state index is 4.61. The second kappa shape index (κ2) is 4.55. The predicted molar refractivity (Wildman–Crippen MR) is 54.8 cm³/mol. The largest absolute Gasteiger partial charge is 0.310 e. The topological polar surface area (TPSA) is 51.0 Å². The Kier molecular flexibility index (Phi) is 3.63. The number of nitrogens with zero attached hydrogens (tertiary/aromatic N) is 2. The van der Waals surface area contributed by atoms with Crippen LogP contribution in [0.3, 0.4) is 0 Å². The van der Waals surface area contributed by atoms with Crippen molar-refractivity contribution >= 4 is 0 Å². The van der Waals surface area contributed by atoms with Crippen LogP contribution in [-0.2, 0) is 6.54 Å². The monoisotopic (exact) mass is 197 g/mol. The van der Waals surface area contributed by atoms with Crippen LogP contribution in [0.5, 0.6) is 0 Å². The molecule has 0 aliphatic carbocycles. The van der Waals surface area contributed by atoms with Crippen LogP contribution in [0, 0.1) is 12.3 Å². The van der Waals surface area contributed by atoms with Gasteiger partial charge in [0, 0.05) is 13.1 Å². The predicted octanol–water partition coefficient (Wildman–Crippen LogP) is 1.90. The molecule has 1 rings (SSSR count). The van der Waals surface area contributed by atoms with Crippen molar-refractivity contribution in [1.29, 1.82) is 0 Å². The number of hydrogen-bond donors (Lipinski definition) is 1. The van der Waals surface area contributed by atoms with Crippen LogP contribution in [0.1, 0.15) is 38.6 Å². The van der Waals surface area contributed by atoms with Crippen LogP contribution < -0.4 is 5.32 Å². The minimum Gasteiger partial charge on any atom is -0.310 e. The molecule has 1 heterocycles. The van der Waals surface area contributed by atoms with Crippen molar-refractivity contribution in [2.24, 2.45) is 5.41 Å². The summed E-state index contributed by atoms with van der Waals surface area (Å²) in [4.78, 5) is 0. The van der Waals surface area contributed by atoms with Crippen molar-refractivity contribution in [3.05, 3.63) is 11.4 Å². The van der Waals surface area contributed by atoms with Gasteiger partial charge in [-0.1, -0.05) is 31.1 Å². The molecule has 0 spiro atoms. The van der Waals surface area contributed by atoms with E-state index in [9.17, 15) is 0 Å². The van der Waals surface area contributed by atoms with Crippen molar-refractivity contribution in [1.82, 2.24) is 15.6 Å². The van der Waals surface area contributed by atoms with Crippen molar-refractivity contribution in [3.8, 4) is 0 Å². The highest BCUT2D eigenvalue weighted by atomic mass is 16.6. The molecule has 0 aromatic carbocycles. The van der Waals surface area contributed by atoms with E-state index in [4.69, 9.17) is 0 Å². The Bertz CT molecular complexity index is 281. The number of nitrogens with one attached hydrogen (secondary N) is 1. The van der Waals surface area contributed by atoms with Gasteiger partial charge in [-0.3, -0.25) is 0 Å². The fourth-order valence-corrected chi connectivity index (χ4v) is 1.05. The van der Waals surface area contributed by atoms with E-state index in [0.29, 0.717) is 5.41 Å². The lowest BCUT2D eigenvalue weighted by Crippen LogP contribution is -2.28. The molecule has 0 bridgehead atoms. The van der Waals surface area contributed by atoms with Gasteiger partial charge in [-0.25, -0.2) is 4.63 Å². The van der Waals surface area contributed by atoms with E-state index in [-0.39, 0.29) is 0 Å². The van der Waals surface area contributed by atoms with Gasteiger partial charge in [0.25, 0.3) is 0 Å². The summed E-state index contributed by atoms with van der Waals surface area (Å²) in [5, 5.41) is 10.9. The van der Waals surface area contributed by atoms with Gasteiger partial charge in [0.1, 0.15) is 11.4 Å². The first kappa shape index (κ1) is 11.2. The molecule has 0 atom stereocenters. The van der Waals surface area contributed by atoms with Crippen LogP contribution in [-0.4, -0.2) is 16.9 Å². The Balaban J connectivity index is 2.32. The van der Waals surface area contributed by atoms with Gasteiger partial charge in [0.05, 0.1) is 0 Å². The molecule has 80 valence electrons. The smallest absolute Gasteiger partial charge is 0.121 e. The van der Waals surface area contributed by atoms with E-state index in [1.54, 1.807) is 0 Å². The molecule has 0 unspecified atom stereocenters. The van der Waals surface area contributed by atoms with Gasteiger partial charge in [-0.2, -0.15) is 0 Å². The molecule has 0 saturated heterocycles. The third-order valence-electron chi connectivity index (χ3n) is 2.60. The SMILES string of the molecule is CCC(C)(C)CNCc1nonc1C. The first-order chi connectivity index (χ1) is 6.55. The van der Waals surface area contributed by atoms with E-state index >= 15 is 0 Å². The maximum atomic E-state index is 4.61. The van der Waals surface area contributed by atoms with Gasteiger partial charge in [0.2, 0.25) is 0 Å². The summed E-state index contributed by atoms with van der Waals surface area (Å²) >= 11 is 0. The lowest BCUT2D eigenvalue weighted by Gasteiger charge is -2.22. The van der Waals surface area contributed by atoms with Crippen LogP contribution >= 0.6 is 0 Å². The molecule has 0 fully saturated rings. The number of hydrogen-bond acceptors (Lipinski definition) is 4. The zero-order chi connectivity index (χ0) is 10.6. The summed E-state index contributed by atoms with van der Waals surface area (Å²) in [5.74, 6) is 0. The zero-order valence-corrected chi connectivity index (χ0v) is 9.42. The molecule has 0 saturated carbocycles. The Labute approximate surface area is 85.0 Å². The zero-order valence-electron chi connectivity index (χ0n) is 9.42. The van der Waals surface area contributed by atoms with Gasteiger partial charge >= 0.3 is 0 Å². The molecule has 0 radical (unpaired) electrons. The molecule has 0 aliphatic rings. The van der Waals surface area contributed by atoms with Gasteiger partial charge < -0.3 is 5.32 Å². The molecule has 1 aromatic heterocycles. The molecule has 1 aromatic rings. The molecule has 14 heavy (non-hydrogen) atoms. The first-order valence-corrected chi connectivity index (χ1v) is 5.04. The summed E-state index contributed by atoms with van der Waals surface area (Å²) in [5.41, 5.74) is 2.11. The summed E-state index contributed by atoms with van der Waals surface area (Å²) in [7, 11) is 0. The number of aryl methyl sites for hydroxylation is 1. The Morgan fingerprint density at radius 1 is 1.36 bits per heavy atom. The minimum absolute atomic E-state index is 0.338. The van der Waals surface area contributed by atoms with E-state index in [1.165, 1.54) is 0 Å². The third-order valence-corrected chi connectivity index (χ3v) is 2.60. The standard InChI is InChI=1S/C10H19N3O/c1-5-10(3,4)7-11-6-9-8(2)12-14-13-9/h11H,5-7H2,1-4H3. The van der Waals surface area contributed by atoms with Gasteiger partial charge in [-0.05, 0) is 18.8 Å². The average molecular weight is 197 g/mol. The van der Waals surface area contributed by atoms with Gasteiger partial charge in [0.15, 0.2) is 0 Å². The summed E-state index contributed by atoms with van der Waals surface area (Å²) in [6.07, 6.45) is 1.16.